The molecule has 0 aromatic carbocycles. The standard InChI is InChI=1S/C12H14N4O2S/c1-7-12(19-9(3)14-7)8(2)15-11-6-10(16(17)18)4-5-13-11/h4-6,8H,1-3H3,(H,13,15). The zero-order valence-corrected chi connectivity index (χ0v) is 11.7. The summed E-state index contributed by atoms with van der Waals surface area (Å²) in [4.78, 5) is 19.9. The van der Waals surface area contributed by atoms with E-state index >= 15 is 0 Å². The van der Waals surface area contributed by atoms with Crippen LogP contribution in [0.25, 0.3) is 0 Å². The van der Waals surface area contributed by atoms with Crippen molar-refractivity contribution < 1.29 is 4.92 Å². The normalized spacial score (nSPS) is 12.2. The molecule has 0 saturated heterocycles. The number of thiazole rings is 1. The van der Waals surface area contributed by atoms with Gasteiger partial charge in [0.15, 0.2) is 0 Å². The summed E-state index contributed by atoms with van der Waals surface area (Å²) >= 11 is 1.62. The SMILES string of the molecule is Cc1nc(C)c(C(C)Nc2cc([N+](=O)[O-])ccn2)s1. The van der Waals surface area contributed by atoms with Gasteiger partial charge < -0.3 is 5.32 Å². The molecule has 2 rings (SSSR count). The summed E-state index contributed by atoms with van der Waals surface area (Å²) in [5.41, 5.74) is 1.01. The van der Waals surface area contributed by atoms with Crippen molar-refractivity contribution in [2.24, 2.45) is 0 Å². The first-order chi connectivity index (χ1) is 8.97. The van der Waals surface area contributed by atoms with E-state index in [2.05, 4.69) is 15.3 Å². The number of anilines is 1. The molecule has 7 heteroatoms. The fourth-order valence-electron chi connectivity index (χ4n) is 1.85. The van der Waals surface area contributed by atoms with Crippen molar-refractivity contribution in [1.82, 2.24) is 9.97 Å². The van der Waals surface area contributed by atoms with Crippen molar-refractivity contribution in [2.75, 3.05) is 5.32 Å². The Hall–Kier alpha value is -2.02. The highest BCUT2D eigenvalue weighted by molar-refractivity contribution is 7.11. The van der Waals surface area contributed by atoms with Gasteiger partial charge >= 0.3 is 0 Å². The summed E-state index contributed by atoms with van der Waals surface area (Å²) in [5, 5.41) is 14.9. The number of nitrogens with one attached hydrogen (secondary N) is 1. The van der Waals surface area contributed by atoms with Gasteiger partial charge in [-0.05, 0) is 20.8 Å². The number of aromatic nitrogens is 2. The van der Waals surface area contributed by atoms with E-state index in [1.807, 2.05) is 20.8 Å². The van der Waals surface area contributed by atoms with Crippen LogP contribution in [0.3, 0.4) is 0 Å². The summed E-state index contributed by atoms with van der Waals surface area (Å²) in [6.07, 6.45) is 1.43. The summed E-state index contributed by atoms with van der Waals surface area (Å²) < 4.78 is 0. The number of nitro groups is 1. The van der Waals surface area contributed by atoms with Crippen molar-refractivity contribution in [1.29, 1.82) is 0 Å². The first-order valence-corrected chi connectivity index (χ1v) is 6.60. The quantitative estimate of drug-likeness (QED) is 0.686. The lowest BCUT2D eigenvalue weighted by molar-refractivity contribution is -0.384. The van der Waals surface area contributed by atoms with Gasteiger partial charge in [0, 0.05) is 17.1 Å². The number of hydrogen-bond acceptors (Lipinski definition) is 6. The minimum Gasteiger partial charge on any atom is -0.362 e. The maximum atomic E-state index is 10.7. The molecule has 1 unspecified atom stereocenters. The van der Waals surface area contributed by atoms with Crippen LogP contribution in [0.5, 0.6) is 0 Å². The largest absolute Gasteiger partial charge is 0.362 e. The maximum absolute atomic E-state index is 10.7. The van der Waals surface area contributed by atoms with E-state index in [-0.39, 0.29) is 11.7 Å². The average molecular weight is 278 g/mol. The summed E-state index contributed by atoms with van der Waals surface area (Å²) in [6.45, 7) is 5.90. The predicted molar refractivity (Wildman–Crippen MR) is 74.5 cm³/mol. The molecule has 2 aromatic rings. The molecule has 19 heavy (non-hydrogen) atoms. The molecule has 0 amide bonds. The molecule has 0 radical (unpaired) electrons. The summed E-state index contributed by atoms with van der Waals surface area (Å²) in [6, 6.07) is 2.82. The fourth-order valence-corrected chi connectivity index (χ4v) is 2.78. The molecule has 100 valence electrons. The molecule has 2 heterocycles. The third-order valence-electron chi connectivity index (χ3n) is 2.65. The molecule has 6 nitrogen and oxygen atoms in total. The molecule has 0 bridgehead atoms. The Balaban J connectivity index is 2.19. The highest BCUT2D eigenvalue weighted by atomic mass is 32.1. The third-order valence-corrected chi connectivity index (χ3v) is 3.91. The number of nitrogens with zero attached hydrogens (tertiary/aromatic N) is 3. The van der Waals surface area contributed by atoms with Crippen molar-refractivity contribution >= 4 is 22.8 Å². The van der Waals surface area contributed by atoms with Crippen LogP contribution in [-0.2, 0) is 0 Å². The van der Waals surface area contributed by atoms with Gasteiger partial charge in [0.25, 0.3) is 5.69 Å². The lowest BCUT2D eigenvalue weighted by Gasteiger charge is -2.13. The molecular weight excluding hydrogens is 264 g/mol. The van der Waals surface area contributed by atoms with Gasteiger partial charge in [0.05, 0.1) is 27.7 Å². The predicted octanol–water partition coefficient (Wildman–Crippen LogP) is 3.24. The number of rotatable bonds is 4. The first-order valence-electron chi connectivity index (χ1n) is 5.78. The smallest absolute Gasteiger partial charge is 0.274 e. The van der Waals surface area contributed by atoms with Crippen molar-refractivity contribution in [3.63, 3.8) is 0 Å². The summed E-state index contributed by atoms with van der Waals surface area (Å²) in [5.74, 6) is 0.493. The number of aryl methyl sites for hydroxylation is 2. The van der Waals surface area contributed by atoms with Gasteiger partial charge in [-0.1, -0.05) is 0 Å². The fraction of sp³-hybridized carbons (Fsp3) is 0.333. The second-order valence-electron chi connectivity index (χ2n) is 4.20. The van der Waals surface area contributed by atoms with Crippen molar-refractivity contribution in [3.05, 3.63) is 44.0 Å². The molecule has 0 aliphatic rings. The molecular formula is C12H14N4O2S. The van der Waals surface area contributed by atoms with Crippen LogP contribution >= 0.6 is 11.3 Å². The van der Waals surface area contributed by atoms with Gasteiger partial charge in [-0.25, -0.2) is 9.97 Å². The van der Waals surface area contributed by atoms with Gasteiger partial charge in [0.2, 0.25) is 0 Å². The molecule has 2 aromatic heterocycles. The van der Waals surface area contributed by atoms with Gasteiger partial charge in [-0.2, -0.15) is 0 Å². The van der Waals surface area contributed by atoms with Crippen LogP contribution in [-0.4, -0.2) is 14.9 Å². The second kappa shape index (κ2) is 5.31. The van der Waals surface area contributed by atoms with Crippen LogP contribution in [0.1, 0.15) is 28.5 Å². The van der Waals surface area contributed by atoms with E-state index in [0.717, 1.165) is 15.6 Å². The van der Waals surface area contributed by atoms with Crippen LogP contribution in [0.2, 0.25) is 0 Å². The van der Waals surface area contributed by atoms with E-state index in [9.17, 15) is 10.1 Å². The number of pyridine rings is 1. The highest BCUT2D eigenvalue weighted by Crippen LogP contribution is 2.27. The number of hydrogen-bond donors (Lipinski definition) is 1. The van der Waals surface area contributed by atoms with Gasteiger partial charge in [0.1, 0.15) is 5.82 Å². The Morgan fingerprint density at radius 2 is 2.21 bits per heavy atom. The molecule has 0 aliphatic heterocycles. The minimum atomic E-state index is -0.431. The average Bonchev–Trinajstić information content (AvgIpc) is 2.69. The Labute approximate surface area is 114 Å². The van der Waals surface area contributed by atoms with Crippen molar-refractivity contribution in [3.8, 4) is 0 Å². The van der Waals surface area contributed by atoms with Gasteiger partial charge in [-0.3, -0.25) is 10.1 Å². The topological polar surface area (TPSA) is 81.0 Å². The van der Waals surface area contributed by atoms with E-state index in [1.165, 1.54) is 18.3 Å². The summed E-state index contributed by atoms with van der Waals surface area (Å²) in [7, 11) is 0. The molecule has 0 aliphatic carbocycles. The molecule has 1 N–H and O–H groups in total. The van der Waals surface area contributed by atoms with Crippen molar-refractivity contribution in [2.45, 2.75) is 26.8 Å². The van der Waals surface area contributed by atoms with Crippen LogP contribution in [0.4, 0.5) is 11.5 Å². The van der Waals surface area contributed by atoms with E-state index in [4.69, 9.17) is 0 Å². The van der Waals surface area contributed by atoms with Gasteiger partial charge in [-0.15, -0.1) is 11.3 Å². The molecule has 0 spiro atoms. The van der Waals surface area contributed by atoms with Crippen LogP contribution in [0.15, 0.2) is 18.3 Å². The molecule has 1 atom stereocenters. The first kappa shape index (κ1) is 13.4. The third kappa shape index (κ3) is 3.05. The minimum absolute atomic E-state index is 0.0145. The Morgan fingerprint density at radius 3 is 2.79 bits per heavy atom. The Kier molecular flexibility index (Phi) is 3.75. The van der Waals surface area contributed by atoms with Crippen LogP contribution < -0.4 is 5.32 Å². The van der Waals surface area contributed by atoms with E-state index in [1.54, 1.807) is 11.3 Å². The lowest BCUT2D eigenvalue weighted by atomic mass is 10.2. The maximum Gasteiger partial charge on any atom is 0.274 e. The molecule has 0 saturated carbocycles. The monoisotopic (exact) mass is 278 g/mol. The lowest BCUT2D eigenvalue weighted by Crippen LogP contribution is -2.07. The van der Waals surface area contributed by atoms with E-state index in [0.29, 0.717) is 5.82 Å². The van der Waals surface area contributed by atoms with Crippen LogP contribution in [0, 0.1) is 24.0 Å². The zero-order chi connectivity index (χ0) is 14.0. The Morgan fingerprint density at radius 1 is 1.47 bits per heavy atom. The van der Waals surface area contributed by atoms with E-state index < -0.39 is 4.92 Å². The Bertz CT molecular complexity index is 612. The zero-order valence-electron chi connectivity index (χ0n) is 10.9. The second-order valence-corrected chi connectivity index (χ2v) is 5.44. The highest BCUT2D eigenvalue weighted by Gasteiger charge is 2.14. The molecule has 0 fully saturated rings.